The van der Waals surface area contributed by atoms with E-state index in [0.29, 0.717) is 19.3 Å². The molecular weight excluding hydrogens is 285 g/mol. The van der Waals surface area contributed by atoms with Crippen molar-refractivity contribution in [2.24, 2.45) is 0 Å². The smallest absolute Gasteiger partial charge is 0.244 e. The lowest BCUT2D eigenvalue weighted by Crippen LogP contribution is -2.39. The van der Waals surface area contributed by atoms with Crippen LogP contribution in [0.3, 0.4) is 0 Å². The first-order chi connectivity index (χ1) is 9.42. The van der Waals surface area contributed by atoms with Crippen LogP contribution < -0.4 is 9.46 Å². The molecular formula is C13H18FNO4S. The molecule has 20 heavy (non-hydrogen) atoms. The monoisotopic (exact) mass is 303 g/mol. The zero-order valence-corrected chi connectivity index (χ0v) is 12.0. The van der Waals surface area contributed by atoms with Crippen LogP contribution in [-0.4, -0.2) is 32.8 Å². The Morgan fingerprint density at radius 3 is 2.80 bits per heavy atom. The van der Waals surface area contributed by atoms with Crippen molar-refractivity contribution in [1.82, 2.24) is 4.72 Å². The van der Waals surface area contributed by atoms with E-state index in [1.165, 1.54) is 13.2 Å². The Labute approximate surface area is 117 Å². The number of rotatable bonds is 4. The third-order valence-corrected chi connectivity index (χ3v) is 4.93. The SMILES string of the molecule is COc1ccc(F)cc1S(=O)(=O)N[C@H]1CCC[C@H](O)C1. The van der Waals surface area contributed by atoms with E-state index in [1.54, 1.807) is 0 Å². The van der Waals surface area contributed by atoms with Crippen molar-refractivity contribution in [1.29, 1.82) is 0 Å². The zero-order chi connectivity index (χ0) is 14.8. The first-order valence-electron chi connectivity index (χ1n) is 6.46. The van der Waals surface area contributed by atoms with Gasteiger partial charge in [-0.1, -0.05) is 0 Å². The lowest BCUT2D eigenvalue weighted by atomic mass is 9.94. The summed E-state index contributed by atoms with van der Waals surface area (Å²) in [5.41, 5.74) is 0. The molecule has 2 N–H and O–H groups in total. The van der Waals surface area contributed by atoms with E-state index in [4.69, 9.17) is 4.74 Å². The summed E-state index contributed by atoms with van der Waals surface area (Å²) in [5, 5.41) is 9.57. The average Bonchev–Trinajstić information content (AvgIpc) is 2.38. The lowest BCUT2D eigenvalue weighted by Gasteiger charge is -2.26. The summed E-state index contributed by atoms with van der Waals surface area (Å²) in [6.07, 6.45) is 1.98. The fourth-order valence-corrected chi connectivity index (χ4v) is 3.88. The van der Waals surface area contributed by atoms with Crippen LogP contribution in [0.15, 0.2) is 23.1 Å². The molecule has 0 heterocycles. The first kappa shape index (κ1) is 15.2. The van der Waals surface area contributed by atoms with Gasteiger partial charge in [0.25, 0.3) is 0 Å². The lowest BCUT2D eigenvalue weighted by molar-refractivity contribution is 0.117. The number of benzene rings is 1. The molecule has 1 saturated carbocycles. The molecule has 1 fully saturated rings. The van der Waals surface area contributed by atoms with E-state index < -0.39 is 21.9 Å². The Hall–Kier alpha value is -1.18. The van der Waals surface area contributed by atoms with Crippen molar-refractivity contribution in [2.45, 2.75) is 42.7 Å². The largest absolute Gasteiger partial charge is 0.495 e. The minimum Gasteiger partial charge on any atom is -0.495 e. The molecule has 1 aliphatic carbocycles. The van der Waals surface area contributed by atoms with E-state index in [1.807, 2.05) is 0 Å². The summed E-state index contributed by atoms with van der Waals surface area (Å²) in [4.78, 5) is -0.222. The van der Waals surface area contributed by atoms with E-state index in [-0.39, 0.29) is 16.7 Å². The first-order valence-corrected chi connectivity index (χ1v) is 7.94. The van der Waals surface area contributed by atoms with E-state index in [2.05, 4.69) is 4.72 Å². The predicted molar refractivity (Wildman–Crippen MR) is 71.5 cm³/mol. The van der Waals surface area contributed by atoms with Gasteiger partial charge in [-0.3, -0.25) is 0 Å². The number of halogens is 1. The van der Waals surface area contributed by atoms with Crippen molar-refractivity contribution in [2.75, 3.05) is 7.11 Å². The Bertz CT molecular complexity index is 576. The molecule has 7 heteroatoms. The van der Waals surface area contributed by atoms with Crippen LogP contribution in [0.2, 0.25) is 0 Å². The number of hydrogen-bond acceptors (Lipinski definition) is 4. The van der Waals surface area contributed by atoms with E-state index in [0.717, 1.165) is 18.6 Å². The van der Waals surface area contributed by atoms with E-state index >= 15 is 0 Å². The van der Waals surface area contributed by atoms with Crippen LogP contribution in [0.4, 0.5) is 4.39 Å². The molecule has 112 valence electrons. The van der Waals surface area contributed by atoms with Gasteiger partial charge in [0.15, 0.2) is 0 Å². The molecule has 0 spiro atoms. The van der Waals surface area contributed by atoms with Gasteiger partial charge in [0, 0.05) is 6.04 Å². The standard InChI is InChI=1S/C13H18FNO4S/c1-19-12-6-5-9(14)7-13(12)20(17,18)15-10-3-2-4-11(16)8-10/h5-7,10-11,15-16H,2-4,8H2,1H3/t10-,11-/m0/s1. The number of ether oxygens (including phenoxy) is 1. The topological polar surface area (TPSA) is 75.6 Å². The van der Waals surface area contributed by atoms with Gasteiger partial charge in [-0.2, -0.15) is 0 Å². The van der Waals surface area contributed by atoms with Crippen LogP contribution in [0.25, 0.3) is 0 Å². The maximum Gasteiger partial charge on any atom is 0.244 e. The molecule has 0 radical (unpaired) electrons. The Morgan fingerprint density at radius 2 is 2.15 bits per heavy atom. The Balaban J connectivity index is 2.24. The quantitative estimate of drug-likeness (QED) is 0.882. The molecule has 0 bridgehead atoms. The summed E-state index contributed by atoms with van der Waals surface area (Å²) < 4.78 is 45.3. The van der Waals surface area contributed by atoms with Crippen LogP contribution in [0.5, 0.6) is 5.75 Å². The van der Waals surface area contributed by atoms with Crippen LogP contribution >= 0.6 is 0 Å². The number of aliphatic hydroxyl groups excluding tert-OH is 1. The Kier molecular flexibility index (Phi) is 4.62. The minimum absolute atomic E-state index is 0.0928. The fourth-order valence-electron chi connectivity index (χ4n) is 2.41. The Morgan fingerprint density at radius 1 is 1.40 bits per heavy atom. The summed E-state index contributed by atoms with van der Waals surface area (Å²) >= 11 is 0. The maximum absolute atomic E-state index is 13.3. The third-order valence-electron chi connectivity index (χ3n) is 3.38. The van der Waals surface area contributed by atoms with E-state index in [9.17, 15) is 17.9 Å². The second kappa shape index (κ2) is 6.07. The van der Waals surface area contributed by atoms with Gasteiger partial charge in [0.1, 0.15) is 16.5 Å². The summed E-state index contributed by atoms with van der Waals surface area (Å²) in [7, 11) is -2.54. The molecule has 0 saturated heterocycles. The molecule has 0 aromatic heterocycles. The number of hydrogen-bond donors (Lipinski definition) is 2. The minimum atomic E-state index is -3.87. The molecule has 1 aromatic rings. The van der Waals surface area contributed by atoms with Crippen LogP contribution in [-0.2, 0) is 10.0 Å². The normalized spacial score (nSPS) is 23.6. The van der Waals surface area contributed by atoms with Crippen molar-refractivity contribution < 1.29 is 22.7 Å². The van der Waals surface area contributed by atoms with Crippen LogP contribution in [0.1, 0.15) is 25.7 Å². The average molecular weight is 303 g/mol. The van der Waals surface area contributed by atoms with Gasteiger partial charge >= 0.3 is 0 Å². The second-order valence-corrected chi connectivity index (χ2v) is 6.62. The van der Waals surface area contributed by atoms with Crippen molar-refractivity contribution in [3.63, 3.8) is 0 Å². The molecule has 0 amide bonds. The van der Waals surface area contributed by atoms with Gasteiger partial charge in [0.05, 0.1) is 13.2 Å². The second-order valence-electron chi connectivity index (χ2n) is 4.93. The molecule has 2 atom stereocenters. The molecule has 0 aliphatic heterocycles. The van der Waals surface area contributed by atoms with Gasteiger partial charge in [0.2, 0.25) is 10.0 Å². The van der Waals surface area contributed by atoms with Crippen molar-refractivity contribution in [3.05, 3.63) is 24.0 Å². The maximum atomic E-state index is 13.3. The molecule has 5 nitrogen and oxygen atoms in total. The van der Waals surface area contributed by atoms with Crippen LogP contribution in [0, 0.1) is 5.82 Å². The molecule has 1 aliphatic rings. The fraction of sp³-hybridized carbons (Fsp3) is 0.538. The molecule has 1 aromatic carbocycles. The molecule has 2 rings (SSSR count). The highest BCUT2D eigenvalue weighted by Crippen LogP contribution is 2.26. The summed E-state index contributed by atoms with van der Waals surface area (Å²) in [5.74, 6) is -0.551. The highest BCUT2D eigenvalue weighted by molar-refractivity contribution is 7.89. The zero-order valence-electron chi connectivity index (χ0n) is 11.2. The number of sulfonamides is 1. The van der Waals surface area contributed by atoms with Gasteiger partial charge in [-0.15, -0.1) is 0 Å². The van der Waals surface area contributed by atoms with Crippen molar-refractivity contribution in [3.8, 4) is 5.75 Å². The highest BCUT2D eigenvalue weighted by atomic mass is 32.2. The van der Waals surface area contributed by atoms with Gasteiger partial charge in [-0.25, -0.2) is 17.5 Å². The summed E-state index contributed by atoms with van der Waals surface area (Å²) in [6.45, 7) is 0. The number of aliphatic hydroxyl groups is 1. The highest BCUT2D eigenvalue weighted by Gasteiger charge is 2.27. The number of methoxy groups -OCH3 is 1. The van der Waals surface area contributed by atoms with Gasteiger partial charge in [-0.05, 0) is 43.9 Å². The van der Waals surface area contributed by atoms with Gasteiger partial charge < -0.3 is 9.84 Å². The third kappa shape index (κ3) is 3.47. The van der Waals surface area contributed by atoms with Crippen molar-refractivity contribution >= 4 is 10.0 Å². The molecule has 0 unspecified atom stereocenters. The number of nitrogens with one attached hydrogen (secondary N) is 1. The predicted octanol–water partition coefficient (Wildman–Crippen LogP) is 1.42. The summed E-state index contributed by atoms with van der Waals surface area (Å²) in [6, 6.07) is 3.01.